The van der Waals surface area contributed by atoms with Gasteiger partial charge in [0.1, 0.15) is 11.6 Å². The molecule has 1 aliphatic heterocycles. The number of anilines is 2. The molecule has 116 valence electrons. The Labute approximate surface area is 130 Å². The van der Waals surface area contributed by atoms with Crippen LogP contribution in [0.4, 0.5) is 24.4 Å². The largest absolute Gasteiger partial charge is 0.345 e. The van der Waals surface area contributed by atoms with Gasteiger partial charge in [-0.2, -0.15) is 0 Å². The maximum Gasteiger partial charge on any atom is 0.322 e. The number of piperazine rings is 1. The second kappa shape index (κ2) is 6.27. The van der Waals surface area contributed by atoms with Crippen LogP contribution in [0.15, 0.2) is 29.8 Å². The zero-order valence-electron chi connectivity index (χ0n) is 11.6. The zero-order chi connectivity index (χ0) is 15.5. The van der Waals surface area contributed by atoms with Crippen molar-refractivity contribution in [3.05, 3.63) is 41.4 Å². The van der Waals surface area contributed by atoms with E-state index < -0.39 is 17.7 Å². The van der Waals surface area contributed by atoms with E-state index in [9.17, 15) is 13.6 Å². The Morgan fingerprint density at radius 1 is 1.23 bits per heavy atom. The van der Waals surface area contributed by atoms with Crippen LogP contribution in [0, 0.1) is 11.6 Å². The number of benzene rings is 1. The smallest absolute Gasteiger partial charge is 0.322 e. The fraction of sp³-hybridized carbons (Fsp3) is 0.286. The third-order valence-corrected chi connectivity index (χ3v) is 4.26. The molecule has 5 nitrogen and oxygen atoms in total. The SMILES string of the molecule is O=C(Nc1cc(F)ccc1F)N1CCN(c2nccs2)CC1. The van der Waals surface area contributed by atoms with E-state index in [0.29, 0.717) is 26.2 Å². The molecule has 1 aromatic carbocycles. The molecule has 0 saturated carbocycles. The average molecular weight is 324 g/mol. The molecule has 1 saturated heterocycles. The van der Waals surface area contributed by atoms with E-state index in [1.807, 2.05) is 5.38 Å². The van der Waals surface area contributed by atoms with Crippen molar-refractivity contribution in [1.29, 1.82) is 0 Å². The van der Waals surface area contributed by atoms with Gasteiger partial charge in [-0.25, -0.2) is 18.6 Å². The van der Waals surface area contributed by atoms with Gasteiger partial charge in [0.2, 0.25) is 0 Å². The van der Waals surface area contributed by atoms with Crippen molar-refractivity contribution in [3.63, 3.8) is 0 Å². The first-order chi connectivity index (χ1) is 10.6. The van der Waals surface area contributed by atoms with Crippen molar-refractivity contribution in [2.24, 2.45) is 0 Å². The third kappa shape index (κ3) is 3.16. The monoisotopic (exact) mass is 324 g/mol. The maximum absolute atomic E-state index is 13.5. The summed E-state index contributed by atoms with van der Waals surface area (Å²) in [6.07, 6.45) is 1.74. The second-order valence-corrected chi connectivity index (χ2v) is 5.72. The van der Waals surface area contributed by atoms with Crippen LogP contribution in [-0.4, -0.2) is 42.1 Å². The fourth-order valence-corrected chi connectivity index (χ4v) is 2.96. The predicted octanol–water partition coefficient (Wildman–Crippen LogP) is 2.78. The summed E-state index contributed by atoms with van der Waals surface area (Å²) in [5.74, 6) is -1.25. The Balaban J connectivity index is 1.59. The maximum atomic E-state index is 13.5. The number of urea groups is 1. The number of aromatic nitrogens is 1. The van der Waals surface area contributed by atoms with Crippen molar-refractivity contribution < 1.29 is 13.6 Å². The molecule has 0 spiro atoms. The van der Waals surface area contributed by atoms with E-state index in [4.69, 9.17) is 0 Å². The van der Waals surface area contributed by atoms with Crippen LogP contribution in [0.2, 0.25) is 0 Å². The summed E-state index contributed by atoms with van der Waals surface area (Å²) in [5.41, 5.74) is -0.146. The molecular weight excluding hydrogens is 310 g/mol. The van der Waals surface area contributed by atoms with Gasteiger partial charge >= 0.3 is 6.03 Å². The Hall–Kier alpha value is -2.22. The van der Waals surface area contributed by atoms with Gasteiger partial charge < -0.3 is 15.1 Å². The lowest BCUT2D eigenvalue weighted by atomic mass is 10.3. The number of nitrogens with zero attached hydrogens (tertiary/aromatic N) is 3. The zero-order valence-corrected chi connectivity index (χ0v) is 12.4. The highest BCUT2D eigenvalue weighted by atomic mass is 32.1. The number of thiazole rings is 1. The fourth-order valence-electron chi connectivity index (χ4n) is 2.26. The van der Waals surface area contributed by atoms with Gasteiger partial charge in [0.05, 0.1) is 5.69 Å². The Morgan fingerprint density at radius 2 is 2.00 bits per heavy atom. The number of hydrogen-bond donors (Lipinski definition) is 1. The van der Waals surface area contributed by atoms with Crippen LogP contribution >= 0.6 is 11.3 Å². The highest BCUT2D eigenvalue weighted by molar-refractivity contribution is 7.13. The van der Waals surface area contributed by atoms with E-state index in [-0.39, 0.29) is 5.69 Å². The summed E-state index contributed by atoms with van der Waals surface area (Å²) in [7, 11) is 0. The average Bonchev–Trinajstić information content (AvgIpc) is 3.05. The van der Waals surface area contributed by atoms with E-state index >= 15 is 0 Å². The van der Waals surface area contributed by atoms with Crippen LogP contribution in [-0.2, 0) is 0 Å². The minimum atomic E-state index is -0.656. The highest BCUT2D eigenvalue weighted by Crippen LogP contribution is 2.20. The molecule has 0 unspecified atom stereocenters. The molecule has 1 fully saturated rings. The number of halogens is 2. The first-order valence-electron chi connectivity index (χ1n) is 6.79. The molecule has 8 heteroatoms. The summed E-state index contributed by atoms with van der Waals surface area (Å²) < 4.78 is 26.6. The third-order valence-electron chi connectivity index (χ3n) is 3.43. The van der Waals surface area contributed by atoms with Gasteiger partial charge in [-0.05, 0) is 12.1 Å². The van der Waals surface area contributed by atoms with E-state index in [0.717, 1.165) is 23.3 Å². The van der Waals surface area contributed by atoms with E-state index in [1.165, 1.54) is 0 Å². The normalized spacial score (nSPS) is 15.0. The lowest BCUT2D eigenvalue weighted by Gasteiger charge is -2.34. The summed E-state index contributed by atoms with van der Waals surface area (Å²) in [5, 5.41) is 5.24. The molecule has 0 aliphatic carbocycles. The highest BCUT2D eigenvalue weighted by Gasteiger charge is 2.23. The molecule has 2 amide bonds. The molecule has 0 radical (unpaired) electrons. The Bertz CT molecular complexity index is 657. The number of rotatable bonds is 2. The van der Waals surface area contributed by atoms with Crippen LogP contribution in [0.5, 0.6) is 0 Å². The van der Waals surface area contributed by atoms with Crippen LogP contribution < -0.4 is 10.2 Å². The first kappa shape index (κ1) is 14.7. The Morgan fingerprint density at radius 3 is 2.68 bits per heavy atom. The molecule has 22 heavy (non-hydrogen) atoms. The minimum Gasteiger partial charge on any atom is -0.345 e. The summed E-state index contributed by atoms with van der Waals surface area (Å²) in [6.45, 7) is 2.32. The number of carbonyl (C=O) groups excluding carboxylic acids is 1. The van der Waals surface area contributed by atoms with Gasteiger partial charge in [-0.1, -0.05) is 0 Å². The predicted molar refractivity (Wildman–Crippen MR) is 81.3 cm³/mol. The van der Waals surface area contributed by atoms with Gasteiger partial charge in [0, 0.05) is 43.8 Å². The first-order valence-corrected chi connectivity index (χ1v) is 7.67. The molecule has 2 heterocycles. The van der Waals surface area contributed by atoms with Gasteiger partial charge in [0.15, 0.2) is 5.13 Å². The van der Waals surface area contributed by atoms with Gasteiger partial charge in [-0.15, -0.1) is 11.3 Å². The van der Waals surface area contributed by atoms with Crippen molar-refractivity contribution >= 4 is 28.2 Å². The van der Waals surface area contributed by atoms with Gasteiger partial charge in [-0.3, -0.25) is 0 Å². The Kier molecular flexibility index (Phi) is 4.19. The summed E-state index contributed by atoms with van der Waals surface area (Å²) >= 11 is 1.55. The standard InChI is InChI=1S/C14H14F2N4OS/c15-10-1-2-11(16)12(9-10)18-13(21)19-4-6-20(7-5-19)14-17-3-8-22-14/h1-3,8-9H,4-7H2,(H,18,21). The van der Waals surface area contributed by atoms with E-state index in [1.54, 1.807) is 22.4 Å². The summed E-state index contributed by atoms with van der Waals surface area (Å²) in [4.78, 5) is 20.0. The molecule has 3 rings (SSSR count). The lowest BCUT2D eigenvalue weighted by Crippen LogP contribution is -2.50. The van der Waals surface area contributed by atoms with E-state index in [2.05, 4.69) is 15.2 Å². The molecule has 2 aromatic rings. The minimum absolute atomic E-state index is 0.146. The molecular formula is C14H14F2N4OS. The molecule has 0 bridgehead atoms. The quantitative estimate of drug-likeness (QED) is 0.924. The number of nitrogens with one attached hydrogen (secondary N) is 1. The van der Waals surface area contributed by atoms with Crippen LogP contribution in [0.25, 0.3) is 0 Å². The molecule has 0 atom stereocenters. The topological polar surface area (TPSA) is 48.5 Å². The number of hydrogen-bond acceptors (Lipinski definition) is 4. The van der Waals surface area contributed by atoms with Crippen molar-refractivity contribution in [2.45, 2.75) is 0 Å². The van der Waals surface area contributed by atoms with Crippen LogP contribution in [0.1, 0.15) is 0 Å². The van der Waals surface area contributed by atoms with Crippen LogP contribution in [0.3, 0.4) is 0 Å². The number of amides is 2. The molecule has 1 N–H and O–H groups in total. The summed E-state index contributed by atoms with van der Waals surface area (Å²) in [6, 6.07) is 2.55. The van der Waals surface area contributed by atoms with Crippen molar-refractivity contribution in [1.82, 2.24) is 9.88 Å². The lowest BCUT2D eigenvalue weighted by molar-refractivity contribution is 0.208. The number of carbonyl (C=O) groups is 1. The molecule has 1 aliphatic rings. The van der Waals surface area contributed by atoms with Crippen molar-refractivity contribution in [2.75, 3.05) is 36.4 Å². The second-order valence-electron chi connectivity index (χ2n) is 4.84. The van der Waals surface area contributed by atoms with Gasteiger partial charge in [0.25, 0.3) is 0 Å². The molecule has 1 aromatic heterocycles. The van der Waals surface area contributed by atoms with Crippen molar-refractivity contribution in [3.8, 4) is 0 Å².